The van der Waals surface area contributed by atoms with Crippen molar-refractivity contribution in [2.45, 2.75) is 25.3 Å². The van der Waals surface area contributed by atoms with Crippen LogP contribution in [0.25, 0.3) is 0 Å². The van der Waals surface area contributed by atoms with Gasteiger partial charge in [-0.05, 0) is 18.4 Å². The third-order valence-corrected chi connectivity index (χ3v) is 2.55. The van der Waals surface area contributed by atoms with E-state index in [0.717, 1.165) is 6.42 Å². The van der Waals surface area contributed by atoms with E-state index < -0.39 is 0 Å². The number of Topliss-reactive ketones (excluding diaryl/α,β-unsaturated/α-hetero) is 1. The molecule has 0 aromatic heterocycles. The lowest BCUT2D eigenvalue weighted by atomic mass is 10.0. The first-order valence-corrected chi connectivity index (χ1v) is 5.55. The lowest BCUT2D eigenvalue weighted by Crippen LogP contribution is -2.31. The van der Waals surface area contributed by atoms with Crippen molar-refractivity contribution in [1.82, 2.24) is 0 Å². The van der Waals surface area contributed by atoms with Gasteiger partial charge in [-0.3, -0.25) is 4.79 Å². The Bertz CT molecular complexity index is 311. The standard InChI is InChI=1S/C13H19NO2/c1-16-10-9-12(14)13(15)8-7-11-5-3-2-4-6-11/h2-6,12H,7-10,14H2,1H3. The van der Waals surface area contributed by atoms with Crippen LogP contribution < -0.4 is 5.73 Å². The number of aryl methyl sites for hydroxylation is 1. The van der Waals surface area contributed by atoms with Gasteiger partial charge >= 0.3 is 0 Å². The van der Waals surface area contributed by atoms with E-state index in [1.807, 2.05) is 30.3 Å². The minimum absolute atomic E-state index is 0.112. The van der Waals surface area contributed by atoms with Crippen LogP contribution in [0.3, 0.4) is 0 Å². The number of carbonyl (C=O) groups is 1. The molecular formula is C13H19NO2. The van der Waals surface area contributed by atoms with E-state index in [0.29, 0.717) is 19.4 Å². The Morgan fingerprint density at radius 3 is 2.69 bits per heavy atom. The molecule has 0 fully saturated rings. The second-order valence-electron chi connectivity index (χ2n) is 3.84. The molecule has 88 valence electrons. The van der Waals surface area contributed by atoms with Crippen molar-refractivity contribution >= 4 is 5.78 Å². The van der Waals surface area contributed by atoms with Gasteiger partial charge in [-0.2, -0.15) is 0 Å². The monoisotopic (exact) mass is 221 g/mol. The normalized spacial score (nSPS) is 12.4. The van der Waals surface area contributed by atoms with Gasteiger partial charge in [-0.15, -0.1) is 0 Å². The minimum atomic E-state index is -0.385. The molecule has 1 atom stereocenters. The van der Waals surface area contributed by atoms with E-state index in [9.17, 15) is 4.79 Å². The Labute approximate surface area is 96.6 Å². The fourth-order valence-electron chi connectivity index (χ4n) is 1.50. The largest absolute Gasteiger partial charge is 0.385 e. The maximum absolute atomic E-state index is 11.6. The summed E-state index contributed by atoms with van der Waals surface area (Å²) in [6.45, 7) is 0.540. The number of hydrogen-bond donors (Lipinski definition) is 1. The minimum Gasteiger partial charge on any atom is -0.385 e. The molecule has 16 heavy (non-hydrogen) atoms. The summed E-state index contributed by atoms with van der Waals surface area (Å²) < 4.78 is 4.89. The zero-order chi connectivity index (χ0) is 11.8. The van der Waals surface area contributed by atoms with Crippen LogP contribution in [0, 0.1) is 0 Å². The number of methoxy groups -OCH3 is 1. The first-order valence-electron chi connectivity index (χ1n) is 5.55. The quantitative estimate of drug-likeness (QED) is 0.760. The second-order valence-corrected chi connectivity index (χ2v) is 3.84. The third-order valence-electron chi connectivity index (χ3n) is 2.55. The number of ketones is 1. The number of hydrogen-bond acceptors (Lipinski definition) is 3. The van der Waals surface area contributed by atoms with Gasteiger partial charge in [0.05, 0.1) is 6.04 Å². The summed E-state index contributed by atoms with van der Waals surface area (Å²) in [4.78, 5) is 11.6. The summed E-state index contributed by atoms with van der Waals surface area (Å²) in [6.07, 6.45) is 1.87. The van der Waals surface area contributed by atoms with Crippen molar-refractivity contribution in [3.8, 4) is 0 Å². The summed E-state index contributed by atoms with van der Waals surface area (Å²) in [5.74, 6) is 0.112. The first kappa shape index (κ1) is 12.9. The maximum Gasteiger partial charge on any atom is 0.149 e. The van der Waals surface area contributed by atoms with Crippen LogP contribution in [0.4, 0.5) is 0 Å². The molecule has 1 aromatic carbocycles. The van der Waals surface area contributed by atoms with Gasteiger partial charge in [0.1, 0.15) is 5.78 Å². The molecule has 0 amide bonds. The van der Waals surface area contributed by atoms with E-state index in [2.05, 4.69) is 0 Å². The summed E-state index contributed by atoms with van der Waals surface area (Å²) in [5.41, 5.74) is 6.91. The molecule has 0 radical (unpaired) electrons. The molecule has 3 heteroatoms. The highest BCUT2D eigenvalue weighted by Crippen LogP contribution is 2.04. The highest BCUT2D eigenvalue weighted by Gasteiger charge is 2.12. The van der Waals surface area contributed by atoms with E-state index >= 15 is 0 Å². The van der Waals surface area contributed by atoms with E-state index in [4.69, 9.17) is 10.5 Å². The number of rotatable bonds is 7. The van der Waals surface area contributed by atoms with Crippen LogP contribution in [0.1, 0.15) is 18.4 Å². The Balaban J connectivity index is 2.29. The SMILES string of the molecule is COCCC(N)C(=O)CCc1ccccc1. The predicted octanol–water partition coefficient (Wildman–Crippen LogP) is 1.55. The van der Waals surface area contributed by atoms with Crippen LogP contribution in [0.2, 0.25) is 0 Å². The van der Waals surface area contributed by atoms with Gasteiger partial charge in [-0.1, -0.05) is 30.3 Å². The third kappa shape index (κ3) is 4.55. The highest BCUT2D eigenvalue weighted by atomic mass is 16.5. The Morgan fingerprint density at radius 2 is 2.06 bits per heavy atom. The van der Waals surface area contributed by atoms with Gasteiger partial charge in [0.15, 0.2) is 0 Å². The topological polar surface area (TPSA) is 52.3 Å². The smallest absolute Gasteiger partial charge is 0.149 e. The van der Waals surface area contributed by atoms with Gasteiger partial charge < -0.3 is 10.5 Å². The summed E-state index contributed by atoms with van der Waals surface area (Å²) in [5, 5.41) is 0. The van der Waals surface area contributed by atoms with E-state index in [1.165, 1.54) is 5.56 Å². The predicted molar refractivity (Wildman–Crippen MR) is 64.2 cm³/mol. The van der Waals surface area contributed by atoms with Gasteiger partial charge in [-0.25, -0.2) is 0 Å². The van der Waals surface area contributed by atoms with Crippen molar-refractivity contribution in [1.29, 1.82) is 0 Å². The first-order chi connectivity index (χ1) is 7.74. The Morgan fingerprint density at radius 1 is 1.38 bits per heavy atom. The maximum atomic E-state index is 11.6. The molecule has 0 bridgehead atoms. The van der Waals surface area contributed by atoms with Gasteiger partial charge in [0, 0.05) is 20.1 Å². The molecule has 3 nitrogen and oxygen atoms in total. The second kappa shape index (κ2) is 7.14. The van der Waals surface area contributed by atoms with Crippen molar-refractivity contribution < 1.29 is 9.53 Å². The van der Waals surface area contributed by atoms with Crippen LogP contribution in [-0.4, -0.2) is 25.5 Å². The van der Waals surface area contributed by atoms with Gasteiger partial charge in [0.2, 0.25) is 0 Å². The van der Waals surface area contributed by atoms with Crippen molar-refractivity contribution in [2.75, 3.05) is 13.7 Å². The zero-order valence-corrected chi connectivity index (χ0v) is 9.69. The molecule has 0 heterocycles. The molecule has 1 unspecified atom stereocenters. The number of ether oxygens (including phenoxy) is 1. The lowest BCUT2D eigenvalue weighted by Gasteiger charge is -2.09. The van der Waals surface area contributed by atoms with E-state index in [-0.39, 0.29) is 11.8 Å². The average Bonchev–Trinajstić information content (AvgIpc) is 2.34. The van der Waals surface area contributed by atoms with Crippen LogP contribution in [-0.2, 0) is 16.0 Å². The van der Waals surface area contributed by atoms with Crippen molar-refractivity contribution in [2.24, 2.45) is 5.73 Å². The zero-order valence-electron chi connectivity index (χ0n) is 9.69. The summed E-state index contributed by atoms with van der Waals surface area (Å²) in [7, 11) is 1.61. The van der Waals surface area contributed by atoms with Crippen LogP contribution in [0.15, 0.2) is 30.3 Å². The Kier molecular flexibility index (Phi) is 5.75. The van der Waals surface area contributed by atoms with Crippen molar-refractivity contribution in [3.05, 3.63) is 35.9 Å². The van der Waals surface area contributed by atoms with Crippen molar-refractivity contribution in [3.63, 3.8) is 0 Å². The molecular weight excluding hydrogens is 202 g/mol. The number of benzene rings is 1. The number of nitrogens with two attached hydrogens (primary N) is 1. The average molecular weight is 221 g/mol. The molecule has 0 saturated carbocycles. The molecule has 0 aliphatic rings. The molecule has 0 spiro atoms. The summed E-state index contributed by atoms with van der Waals surface area (Å²) >= 11 is 0. The highest BCUT2D eigenvalue weighted by molar-refractivity contribution is 5.83. The van der Waals surface area contributed by atoms with Gasteiger partial charge in [0.25, 0.3) is 0 Å². The lowest BCUT2D eigenvalue weighted by molar-refractivity contribution is -0.120. The molecule has 0 aliphatic carbocycles. The van der Waals surface area contributed by atoms with Crippen LogP contribution >= 0.6 is 0 Å². The molecule has 1 rings (SSSR count). The molecule has 2 N–H and O–H groups in total. The molecule has 0 saturated heterocycles. The fraction of sp³-hybridized carbons (Fsp3) is 0.462. The fourth-order valence-corrected chi connectivity index (χ4v) is 1.50. The van der Waals surface area contributed by atoms with Crippen LogP contribution in [0.5, 0.6) is 0 Å². The van der Waals surface area contributed by atoms with E-state index in [1.54, 1.807) is 7.11 Å². The molecule has 0 aliphatic heterocycles. The Hall–Kier alpha value is -1.19. The number of carbonyl (C=O) groups excluding carboxylic acids is 1. The summed E-state index contributed by atoms with van der Waals surface area (Å²) in [6, 6.07) is 9.58. The molecule has 1 aromatic rings.